The number of nitrogens with one attached hydrogen (secondary N) is 1. The predicted octanol–water partition coefficient (Wildman–Crippen LogP) is 3.08. The Morgan fingerprint density at radius 1 is 1.30 bits per heavy atom. The Hall–Kier alpha value is -1.58. The summed E-state index contributed by atoms with van der Waals surface area (Å²) in [4.78, 5) is 6.95. The normalized spacial score (nSPS) is 18.1. The number of anilines is 1. The molecule has 2 heterocycles. The minimum absolute atomic E-state index is 0.116. The number of nitrogens with two attached hydrogens (primary N) is 1. The van der Waals surface area contributed by atoms with Crippen LogP contribution in [0, 0.1) is 17.7 Å². The molecule has 4 heteroatoms. The summed E-state index contributed by atoms with van der Waals surface area (Å²) in [5.74, 6) is 1.08. The fraction of sp³-hybridized carbons (Fsp3) is 0.625. The number of hydrogen-bond donors (Lipinski definition) is 2. The van der Waals surface area contributed by atoms with Crippen LogP contribution in [-0.4, -0.2) is 23.9 Å². The maximum absolute atomic E-state index is 7.60. The van der Waals surface area contributed by atoms with Gasteiger partial charge in [0.25, 0.3) is 0 Å². The van der Waals surface area contributed by atoms with E-state index in [-0.39, 0.29) is 5.84 Å². The summed E-state index contributed by atoms with van der Waals surface area (Å²) in [6.45, 7) is 8.67. The van der Waals surface area contributed by atoms with E-state index in [1.54, 1.807) is 0 Å². The highest BCUT2D eigenvalue weighted by Gasteiger charge is 2.31. The zero-order valence-electron chi connectivity index (χ0n) is 12.9. The van der Waals surface area contributed by atoms with E-state index >= 15 is 0 Å². The van der Waals surface area contributed by atoms with Gasteiger partial charge < -0.3 is 10.6 Å². The molecular weight excluding hydrogens is 248 g/mol. The molecule has 0 amide bonds. The molecule has 1 aromatic heterocycles. The highest BCUT2D eigenvalue weighted by Crippen LogP contribution is 2.38. The van der Waals surface area contributed by atoms with Crippen molar-refractivity contribution in [1.29, 1.82) is 5.41 Å². The number of pyridine rings is 1. The molecule has 20 heavy (non-hydrogen) atoms. The van der Waals surface area contributed by atoms with Crippen LogP contribution in [0.25, 0.3) is 0 Å². The van der Waals surface area contributed by atoms with Crippen LogP contribution >= 0.6 is 0 Å². The number of nitrogen functional groups attached to an aromatic ring is 1. The van der Waals surface area contributed by atoms with Crippen molar-refractivity contribution in [1.82, 2.24) is 4.98 Å². The Balaban J connectivity index is 2.16. The molecule has 3 N–H and O–H groups in total. The molecular formula is C16H26N4. The maximum atomic E-state index is 7.60. The van der Waals surface area contributed by atoms with Crippen LogP contribution < -0.4 is 10.6 Å². The lowest BCUT2D eigenvalue weighted by molar-refractivity contribution is 0.199. The van der Waals surface area contributed by atoms with Gasteiger partial charge in [-0.1, -0.05) is 26.7 Å². The summed E-state index contributed by atoms with van der Waals surface area (Å²) >= 11 is 0. The number of piperidine rings is 1. The smallest absolute Gasteiger partial charge is 0.129 e. The summed E-state index contributed by atoms with van der Waals surface area (Å²) in [5.41, 5.74) is 7.82. The Bertz CT molecular complexity index is 481. The minimum atomic E-state index is 0.116. The molecule has 110 valence electrons. The van der Waals surface area contributed by atoms with E-state index in [9.17, 15) is 0 Å². The van der Waals surface area contributed by atoms with Gasteiger partial charge in [0.1, 0.15) is 11.7 Å². The average molecular weight is 274 g/mol. The number of amidine groups is 1. The molecule has 0 atom stereocenters. The van der Waals surface area contributed by atoms with E-state index in [2.05, 4.69) is 23.7 Å². The zero-order valence-corrected chi connectivity index (χ0v) is 12.9. The van der Waals surface area contributed by atoms with Crippen molar-refractivity contribution in [3.8, 4) is 0 Å². The Morgan fingerprint density at radius 2 is 1.90 bits per heavy atom. The molecule has 4 nitrogen and oxygen atoms in total. The van der Waals surface area contributed by atoms with Gasteiger partial charge in [0.15, 0.2) is 0 Å². The van der Waals surface area contributed by atoms with Crippen molar-refractivity contribution >= 4 is 11.7 Å². The van der Waals surface area contributed by atoms with Crippen LogP contribution in [0.1, 0.15) is 50.8 Å². The lowest BCUT2D eigenvalue weighted by Crippen LogP contribution is -2.40. The Labute approximate surface area is 121 Å². The van der Waals surface area contributed by atoms with Crippen LogP contribution in [0.15, 0.2) is 12.1 Å². The van der Waals surface area contributed by atoms with Gasteiger partial charge in [-0.2, -0.15) is 0 Å². The summed E-state index contributed by atoms with van der Waals surface area (Å²) < 4.78 is 0. The van der Waals surface area contributed by atoms with Gasteiger partial charge in [-0.05, 0) is 37.3 Å². The molecule has 0 aromatic carbocycles. The van der Waals surface area contributed by atoms with Crippen LogP contribution in [0.5, 0.6) is 0 Å². The molecule has 1 saturated heterocycles. The summed E-state index contributed by atoms with van der Waals surface area (Å²) in [6, 6.07) is 3.82. The second-order valence-electron chi connectivity index (χ2n) is 5.96. The SMILES string of the molecule is CCC1(CC)CCN(c2cc(C(=N)N)cc(C)n2)CC1. The third-order valence-electron chi connectivity index (χ3n) is 4.90. The standard InChI is InChI=1S/C16H26N4/c1-4-16(5-2)6-8-20(9-7-16)14-11-13(15(17)18)10-12(3)19-14/h10-11H,4-9H2,1-3H3,(H3,17,18). The van der Waals surface area contributed by atoms with E-state index in [1.165, 1.54) is 25.7 Å². The highest BCUT2D eigenvalue weighted by molar-refractivity contribution is 5.95. The van der Waals surface area contributed by atoms with E-state index in [0.717, 1.165) is 30.2 Å². The van der Waals surface area contributed by atoms with Crippen molar-refractivity contribution in [3.05, 3.63) is 23.4 Å². The molecule has 0 aliphatic carbocycles. The van der Waals surface area contributed by atoms with Gasteiger partial charge in [-0.3, -0.25) is 5.41 Å². The second kappa shape index (κ2) is 5.81. The monoisotopic (exact) mass is 274 g/mol. The number of aromatic nitrogens is 1. The van der Waals surface area contributed by atoms with E-state index < -0.39 is 0 Å². The second-order valence-corrected chi connectivity index (χ2v) is 5.96. The first-order valence-corrected chi connectivity index (χ1v) is 7.58. The van der Waals surface area contributed by atoms with Gasteiger partial charge in [0.05, 0.1) is 0 Å². The lowest BCUT2D eigenvalue weighted by atomic mass is 9.74. The van der Waals surface area contributed by atoms with Crippen LogP contribution in [-0.2, 0) is 0 Å². The number of nitrogens with zero attached hydrogens (tertiary/aromatic N) is 2. The molecule has 0 bridgehead atoms. The first-order chi connectivity index (χ1) is 9.49. The molecule has 0 saturated carbocycles. The predicted molar refractivity (Wildman–Crippen MR) is 84.5 cm³/mol. The fourth-order valence-corrected chi connectivity index (χ4v) is 3.14. The van der Waals surface area contributed by atoms with Gasteiger partial charge in [0.2, 0.25) is 0 Å². The van der Waals surface area contributed by atoms with Crippen molar-refractivity contribution in [3.63, 3.8) is 0 Å². The molecule has 2 rings (SSSR count). The molecule has 1 aliphatic heterocycles. The molecule has 0 spiro atoms. The molecule has 0 unspecified atom stereocenters. The van der Waals surface area contributed by atoms with Crippen molar-refractivity contribution in [2.75, 3.05) is 18.0 Å². The quantitative estimate of drug-likeness (QED) is 0.655. The van der Waals surface area contributed by atoms with E-state index in [1.807, 2.05) is 19.1 Å². The first-order valence-electron chi connectivity index (χ1n) is 7.58. The molecule has 1 fully saturated rings. The molecule has 1 aromatic rings. The van der Waals surface area contributed by atoms with Gasteiger partial charge in [-0.15, -0.1) is 0 Å². The number of rotatable bonds is 4. The van der Waals surface area contributed by atoms with Crippen LogP contribution in [0.4, 0.5) is 5.82 Å². The lowest BCUT2D eigenvalue weighted by Gasteiger charge is -2.41. The minimum Gasteiger partial charge on any atom is -0.384 e. The van der Waals surface area contributed by atoms with Gasteiger partial charge >= 0.3 is 0 Å². The fourth-order valence-electron chi connectivity index (χ4n) is 3.14. The van der Waals surface area contributed by atoms with Crippen molar-refractivity contribution in [2.24, 2.45) is 11.1 Å². The Morgan fingerprint density at radius 3 is 2.40 bits per heavy atom. The van der Waals surface area contributed by atoms with Crippen molar-refractivity contribution < 1.29 is 0 Å². The molecule has 1 aliphatic rings. The van der Waals surface area contributed by atoms with E-state index in [0.29, 0.717) is 5.41 Å². The van der Waals surface area contributed by atoms with Gasteiger partial charge in [-0.25, -0.2) is 4.98 Å². The van der Waals surface area contributed by atoms with Gasteiger partial charge in [0, 0.05) is 24.3 Å². The van der Waals surface area contributed by atoms with E-state index in [4.69, 9.17) is 11.1 Å². The third-order valence-corrected chi connectivity index (χ3v) is 4.90. The zero-order chi connectivity index (χ0) is 14.8. The van der Waals surface area contributed by atoms with Crippen molar-refractivity contribution in [2.45, 2.75) is 46.5 Å². The maximum Gasteiger partial charge on any atom is 0.129 e. The number of hydrogen-bond acceptors (Lipinski definition) is 3. The third kappa shape index (κ3) is 2.94. The molecule has 0 radical (unpaired) electrons. The van der Waals surface area contributed by atoms with Crippen LogP contribution in [0.2, 0.25) is 0 Å². The summed E-state index contributed by atoms with van der Waals surface area (Å²) in [7, 11) is 0. The Kier molecular flexibility index (Phi) is 4.31. The topological polar surface area (TPSA) is 66.0 Å². The highest BCUT2D eigenvalue weighted by atomic mass is 15.2. The largest absolute Gasteiger partial charge is 0.384 e. The number of aryl methyl sites for hydroxylation is 1. The van der Waals surface area contributed by atoms with Crippen LogP contribution in [0.3, 0.4) is 0 Å². The first kappa shape index (κ1) is 14.8. The summed E-state index contributed by atoms with van der Waals surface area (Å²) in [6.07, 6.45) is 4.98. The summed E-state index contributed by atoms with van der Waals surface area (Å²) in [5, 5.41) is 7.60. The average Bonchev–Trinajstić information content (AvgIpc) is 2.46.